The van der Waals surface area contributed by atoms with E-state index in [1.54, 1.807) is 12.1 Å². The molecule has 2 rings (SSSR count). The molecule has 2 N–H and O–H groups in total. The van der Waals surface area contributed by atoms with Gasteiger partial charge in [0.2, 0.25) is 0 Å². The topological polar surface area (TPSA) is 54.3 Å². The summed E-state index contributed by atoms with van der Waals surface area (Å²) in [6.45, 7) is 4.60. The lowest BCUT2D eigenvalue weighted by Crippen LogP contribution is -2.12. The van der Waals surface area contributed by atoms with Crippen LogP contribution in [0.5, 0.6) is 0 Å². The second kappa shape index (κ2) is 5.71. The minimum absolute atomic E-state index is 0.227. The molecule has 0 saturated carbocycles. The normalized spacial score (nSPS) is 10.5. The van der Waals surface area contributed by atoms with Crippen molar-refractivity contribution in [3.63, 3.8) is 0 Å². The molecule has 4 nitrogen and oxygen atoms in total. The van der Waals surface area contributed by atoms with E-state index in [4.69, 9.17) is 4.42 Å². The van der Waals surface area contributed by atoms with Crippen LogP contribution in [0.15, 0.2) is 34.7 Å². The fraction of sp³-hybridized carbons (Fsp3) is 0.267. The van der Waals surface area contributed by atoms with E-state index in [-0.39, 0.29) is 5.91 Å². The number of anilines is 1. The molecule has 0 atom stereocenters. The van der Waals surface area contributed by atoms with Crippen LogP contribution in [-0.4, -0.2) is 13.0 Å². The second-order valence-corrected chi connectivity index (χ2v) is 4.57. The monoisotopic (exact) mass is 258 g/mol. The van der Waals surface area contributed by atoms with Gasteiger partial charge in [-0.1, -0.05) is 17.7 Å². The summed E-state index contributed by atoms with van der Waals surface area (Å²) >= 11 is 0. The van der Waals surface area contributed by atoms with Crippen molar-refractivity contribution in [2.24, 2.45) is 0 Å². The van der Waals surface area contributed by atoms with Crippen molar-refractivity contribution in [1.82, 2.24) is 5.32 Å². The molecule has 19 heavy (non-hydrogen) atoms. The van der Waals surface area contributed by atoms with Crippen molar-refractivity contribution in [1.29, 1.82) is 0 Å². The molecule has 1 aromatic heterocycles. The van der Waals surface area contributed by atoms with E-state index in [2.05, 4.69) is 10.6 Å². The summed E-state index contributed by atoms with van der Waals surface area (Å²) in [6.07, 6.45) is 0. The van der Waals surface area contributed by atoms with Gasteiger partial charge >= 0.3 is 0 Å². The number of hydrogen-bond donors (Lipinski definition) is 2. The van der Waals surface area contributed by atoms with Crippen LogP contribution in [0.1, 0.15) is 27.4 Å². The molecule has 0 fully saturated rings. The van der Waals surface area contributed by atoms with Gasteiger partial charge in [0.05, 0.1) is 6.54 Å². The zero-order valence-electron chi connectivity index (χ0n) is 11.4. The zero-order valence-corrected chi connectivity index (χ0v) is 11.4. The van der Waals surface area contributed by atoms with Gasteiger partial charge in [-0.25, -0.2) is 0 Å². The molecule has 100 valence electrons. The van der Waals surface area contributed by atoms with E-state index in [0.717, 1.165) is 17.0 Å². The Balaban J connectivity index is 2.11. The third-order valence-electron chi connectivity index (χ3n) is 2.87. The molecule has 0 unspecified atom stereocenters. The van der Waals surface area contributed by atoms with Crippen molar-refractivity contribution in [3.05, 3.63) is 53.0 Å². The Labute approximate surface area is 112 Å². The minimum atomic E-state index is -0.227. The lowest BCUT2D eigenvalue weighted by molar-refractivity contribution is 0.0994. The highest BCUT2D eigenvalue weighted by atomic mass is 16.4. The summed E-state index contributed by atoms with van der Waals surface area (Å²) < 4.78 is 5.45. The maximum absolute atomic E-state index is 12.0. The largest absolute Gasteiger partial charge is 0.455 e. The Morgan fingerprint density at radius 3 is 2.68 bits per heavy atom. The van der Waals surface area contributed by atoms with Crippen molar-refractivity contribution >= 4 is 11.6 Å². The van der Waals surface area contributed by atoms with E-state index in [9.17, 15) is 4.79 Å². The average Bonchev–Trinajstić information content (AvgIpc) is 2.82. The average molecular weight is 258 g/mol. The number of nitrogens with one attached hydrogen (secondary N) is 2. The Kier molecular flexibility index (Phi) is 4.02. The molecule has 0 aliphatic carbocycles. The fourth-order valence-electron chi connectivity index (χ4n) is 1.91. The summed E-state index contributed by atoms with van der Waals surface area (Å²) in [4.78, 5) is 12.0. The van der Waals surface area contributed by atoms with Crippen LogP contribution in [0.3, 0.4) is 0 Å². The molecule has 0 saturated heterocycles. The van der Waals surface area contributed by atoms with Crippen LogP contribution >= 0.6 is 0 Å². The summed E-state index contributed by atoms with van der Waals surface area (Å²) in [5.41, 5.74) is 3.02. The third-order valence-corrected chi connectivity index (χ3v) is 2.87. The lowest BCUT2D eigenvalue weighted by Gasteiger charge is -2.07. The van der Waals surface area contributed by atoms with Gasteiger partial charge in [-0.2, -0.15) is 0 Å². The van der Waals surface area contributed by atoms with Gasteiger partial charge in [0.25, 0.3) is 5.91 Å². The molecular formula is C15H18N2O2. The minimum Gasteiger partial charge on any atom is -0.455 e. The fourth-order valence-corrected chi connectivity index (χ4v) is 1.91. The van der Waals surface area contributed by atoms with Crippen LogP contribution in [0.25, 0.3) is 0 Å². The van der Waals surface area contributed by atoms with Gasteiger partial charge in [-0.15, -0.1) is 0 Å². The van der Waals surface area contributed by atoms with E-state index < -0.39 is 0 Å². The van der Waals surface area contributed by atoms with E-state index in [1.807, 2.05) is 39.1 Å². The SMILES string of the molecule is CNCc1ccc(C(=O)Nc2ccc(C)cc2C)o1. The third kappa shape index (κ3) is 3.23. The highest BCUT2D eigenvalue weighted by molar-refractivity contribution is 6.02. The Bertz CT molecular complexity index is 588. The highest BCUT2D eigenvalue weighted by Crippen LogP contribution is 2.17. The molecule has 4 heteroatoms. The molecule has 1 amide bonds. The zero-order chi connectivity index (χ0) is 13.8. The molecule has 1 aromatic carbocycles. The lowest BCUT2D eigenvalue weighted by atomic mass is 10.1. The van der Waals surface area contributed by atoms with Crippen molar-refractivity contribution < 1.29 is 9.21 Å². The first-order chi connectivity index (χ1) is 9.10. The van der Waals surface area contributed by atoms with Crippen LogP contribution in [-0.2, 0) is 6.54 Å². The van der Waals surface area contributed by atoms with Crippen molar-refractivity contribution in [2.45, 2.75) is 20.4 Å². The number of carbonyl (C=O) groups is 1. The standard InChI is InChI=1S/C15H18N2O2/c1-10-4-6-13(11(2)8-10)17-15(18)14-7-5-12(19-14)9-16-3/h4-8,16H,9H2,1-3H3,(H,17,18). The molecular weight excluding hydrogens is 240 g/mol. The Morgan fingerprint density at radius 2 is 2.00 bits per heavy atom. The predicted molar refractivity (Wildman–Crippen MR) is 75.3 cm³/mol. The Morgan fingerprint density at radius 1 is 1.21 bits per heavy atom. The molecule has 1 heterocycles. The molecule has 0 aliphatic heterocycles. The van der Waals surface area contributed by atoms with Crippen molar-refractivity contribution in [2.75, 3.05) is 12.4 Å². The van der Waals surface area contributed by atoms with Crippen LogP contribution in [0.4, 0.5) is 5.69 Å². The van der Waals surface area contributed by atoms with Gasteiger partial charge in [0, 0.05) is 5.69 Å². The highest BCUT2D eigenvalue weighted by Gasteiger charge is 2.12. The summed E-state index contributed by atoms with van der Waals surface area (Å²) in [5.74, 6) is 0.841. The van der Waals surface area contributed by atoms with E-state index in [1.165, 1.54) is 5.56 Å². The number of aryl methyl sites for hydroxylation is 2. The first-order valence-electron chi connectivity index (χ1n) is 6.22. The maximum Gasteiger partial charge on any atom is 0.291 e. The number of furan rings is 1. The number of hydrogen-bond acceptors (Lipinski definition) is 3. The van der Waals surface area contributed by atoms with Gasteiger partial charge < -0.3 is 15.1 Å². The van der Waals surface area contributed by atoms with Gasteiger partial charge in [0.15, 0.2) is 5.76 Å². The van der Waals surface area contributed by atoms with Crippen LogP contribution in [0, 0.1) is 13.8 Å². The van der Waals surface area contributed by atoms with E-state index in [0.29, 0.717) is 12.3 Å². The van der Waals surface area contributed by atoms with Crippen molar-refractivity contribution in [3.8, 4) is 0 Å². The number of amides is 1. The van der Waals surface area contributed by atoms with Crippen LogP contribution in [0.2, 0.25) is 0 Å². The summed E-state index contributed by atoms with van der Waals surface area (Å²) in [5, 5.41) is 5.83. The quantitative estimate of drug-likeness (QED) is 0.886. The van der Waals surface area contributed by atoms with Gasteiger partial charge in [-0.3, -0.25) is 4.79 Å². The summed E-state index contributed by atoms with van der Waals surface area (Å²) in [7, 11) is 1.83. The van der Waals surface area contributed by atoms with E-state index >= 15 is 0 Å². The van der Waals surface area contributed by atoms with Crippen LogP contribution < -0.4 is 10.6 Å². The number of benzene rings is 1. The van der Waals surface area contributed by atoms with Gasteiger partial charge in [-0.05, 0) is 44.7 Å². The number of rotatable bonds is 4. The Hall–Kier alpha value is -2.07. The predicted octanol–water partition coefficient (Wildman–Crippen LogP) is 2.87. The summed E-state index contributed by atoms with van der Waals surface area (Å²) in [6, 6.07) is 9.39. The smallest absolute Gasteiger partial charge is 0.291 e. The second-order valence-electron chi connectivity index (χ2n) is 4.57. The molecule has 0 spiro atoms. The maximum atomic E-state index is 12.0. The molecule has 0 aliphatic rings. The molecule has 2 aromatic rings. The first-order valence-corrected chi connectivity index (χ1v) is 6.22. The van der Waals surface area contributed by atoms with Gasteiger partial charge in [0.1, 0.15) is 5.76 Å². The first kappa shape index (κ1) is 13.4. The number of carbonyl (C=O) groups excluding carboxylic acids is 1. The molecule has 0 radical (unpaired) electrons. The molecule has 0 bridgehead atoms.